The summed E-state index contributed by atoms with van der Waals surface area (Å²) in [6.07, 6.45) is 0.884. The van der Waals surface area contributed by atoms with Crippen molar-refractivity contribution >= 4 is 17.2 Å². The van der Waals surface area contributed by atoms with Crippen LogP contribution in [-0.4, -0.2) is 11.9 Å². The summed E-state index contributed by atoms with van der Waals surface area (Å²) >= 11 is 1.73. The summed E-state index contributed by atoms with van der Waals surface area (Å²) in [5, 5.41) is 5.10. The molecule has 3 heteroatoms. The fourth-order valence-corrected chi connectivity index (χ4v) is 2.75. The van der Waals surface area contributed by atoms with Gasteiger partial charge < -0.3 is 5.32 Å². The van der Waals surface area contributed by atoms with Crippen molar-refractivity contribution < 1.29 is 4.79 Å². The molecule has 1 heterocycles. The van der Waals surface area contributed by atoms with Crippen LogP contribution in [0.3, 0.4) is 0 Å². The molecule has 0 bridgehead atoms. The zero-order valence-corrected chi connectivity index (χ0v) is 11.5. The van der Waals surface area contributed by atoms with Crippen molar-refractivity contribution in [2.45, 2.75) is 26.3 Å². The van der Waals surface area contributed by atoms with E-state index in [4.69, 9.17) is 0 Å². The van der Waals surface area contributed by atoms with E-state index in [9.17, 15) is 4.79 Å². The van der Waals surface area contributed by atoms with Gasteiger partial charge in [-0.15, -0.1) is 11.3 Å². The second-order valence-corrected chi connectivity index (χ2v) is 5.51. The van der Waals surface area contributed by atoms with Crippen LogP contribution in [0.5, 0.6) is 0 Å². The van der Waals surface area contributed by atoms with Crippen LogP contribution in [-0.2, 0) is 6.42 Å². The van der Waals surface area contributed by atoms with E-state index in [-0.39, 0.29) is 11.9 Å². The molecule has 1 aromatic carbocycles. The second kappa shape index (κ2) is 5.83. The van der Waals surface area contributed by atoms with E-state index in [0.717, 1.165) is 17.5 Å². The van der Waals surface area contributed by atoms with Gasteiger partial charge in [-0.25, -0.2) is 0 Å². The van der Waals surface area contributed by atoms with Crippen molar-refractivity contribution in [1.29, 1.82) is 0 Å². The Morgan fingerprint density at radius 2 is 2.06 bits per heavy atom. The second-order valence-electron chi connectivity index (χ2n) is 4.47. The van der Waals surface area contributed by atoms with Crippen molar-refractivity contribution in [3.63, 3.8) is 0 Å². The molecule has 0 saturated heterocycles. The zero-order valence-electron chi connectivity index (χ0n) is 10.6. The Hall–Kier alpha value is -1.61. The summed E-state index contributed by atoms with van der Waals surface area (Å²) in [7, 11) is 0. The van der Waals surface area contributed by atoms with Gasteiger partial charge in [-0.1, -0.05) is 24.3 Å². The molecule has 1 aromatic heterocycles. The Balaban J connectivity index is 1.97. The quantitative estimate of drug-likeness (QED) is 0.895. The Labute approximate surface area is 112 Å². The van der Waals surface area contributed by atoms with Crippen molar-refractivity contribution in [2.75, 3.05) is 0 Å². The van der Waals surface area contributed by atoms with Gasteiger partial charge in [0.15, 0.2) is 0 Å². The number of hydrogen-bond donors (Lipinski definition) is 1. The number of carbonyl (C=O) groups is 1. The molecular formula is C15H17NOS. The van der Waals surface area contributed by atoms with Gasteiger partial charge >= 0.3 is 0 Å². The number of benzene rings is 1. The first-order chi connectivity index (χ1) is 8.66. The van der Waals surface area contributed by atoms with Gasteiger partial charge in [-0.05, 0) is 36.9 Å². The highest BCUT2D eigenvalue weighted by Gasteiger charge is 2.12. The number of thiophene rings is 1. The van der Waals surface area contributed by atoms with Gasteiger partial charge in [0, 0.05) is 22.9 Å². The van der Waals surface area contributed by atoms with E-state index in [1.807, 2.05) is 44.2 Å². The van der Waals surface area contributed by atoms with Crippen LogP contribution in [0.4, 0.5) is 0 Å². The van der Waals surface area contributed by atoms with E-state index >= 15 is 0 Å². The summed E-state index contributed by atoms with van der Waals surface area (Å²) in [6.45, 7) is 3.99. The topological polar surface area (TPSA) is 29.1 Å². The van der Waals surface area contributed by atoms with E-state index in [2.05, 4.69) is 16.8 Å². The van der Waals surface area contributed by atoms with Crippen LogP contribution < -0.4 is 5.32 Å². The Morgan fingerprint density at radius 3 is 2.72 bits per heavy atom. The fourth-order valence-electron chi connectivity index (χ4n) is 1.91. The highest BCUT2D eigenvalue weighted by Crippen LogP contribution is 2.12. The molecule has 1 amide bonds. The molecule has 0 aliphatic rings. The predicted octanol–water partition coefficient (Wildman–Crippen LogP) is 3.42. The Kier molecular flexibility index (Phi) is 4.15. The normalized spacial score (nSPS) is 12.1. The maximum absolute atomic E-state index is 12.1. The van der Waals surface area contributed by atoms with Gasteiger partial charge in [0.05, 0.1) is 0 Å². The molecular weight excluding hydrogens is 242 g/mol. The number of carbonyl (C=O) groups excluding carboxylic acids is 1. The largest absolute Gasteiger partial charge is 0.349 e. The smallest absolute Gasteiger partial charge is 0.251 e. The molecule has 18 heavy (non-hydrogen) atoms. The lowest BCUT2D eigenvalue weighted by Gasteiger charge is -2.14. The average molecular weight is 259 g/mol. The lowest BCUT2D eigenvalue weighted by Crippen LogP contribution is -2.34. The molecule has 0 saturated carbocycles. The van der Waals surface area contributed by atoms with Crippen LogP contribution >= 0.6 is 11.3 Å². The molecule has 2 aromatic rings. The third-order valence-corrected chi connectivity index (χ3v) is 3.75. The summed E-state index contributed by atoms with van der Waals surface area (Å²) in [5.74, 6) is 0.0113. The average Bonchev–Trinajstić information content (AvgIpc) is 2.82. The number of amides is 1. The minimum atomic E-state index is 0.0113. The monoisotopic (exact) mass is 259 g/mol. The minimum absolute atomic E-state index is 0.0113. The molecule has 2 nitrogen and oxygen atoms in total. The number of nitrogens with one attached hydrogen (secondary N) is 1. The summed E-state index contributed by atoms with van der Waals surface area (Å²) < 4.78 is 0. The molecule has 1 atom stereocenters. The molecule has 2 rings (SSSR count). The molecule has 1 N–H and O–H groups in total. The van der Waals surface area contributed by atoms with Crippen molar-refractivity contribution in [3.8, 4) is 0 Å². The highest BCUT2D eigenvalue weighted by molar-refractivity contribution is 7.09. The lowest BCUT2D eigenvalue weighted by atomic mass is 10.1. The van der Waals surface area contributed by atoms with E-state index in [0.29, 0.717) is 0 Å². The van der Waals surface area contributed by atoms with Gasteiger partial charge in [-0.2, -0.15) is 0 Å². The predicted molar refractivity (Wildman–Crippen MR) is 76.1 cm³/mol. The van der Waals surface area contributed by atoms with Gasteiger partial charge in [0.1, 0.15) is 0 Å². The SMILES string of the molecule is Cc1ccccc1C(=O)NC(C)Cc1cccs1. The van der Waals surface area contributed by atoms with Gasteiger partial charge in [-0.3, -0.25) is 4.79 Å². The number of aryl methyl sites for hydroxylation is 1. The first kappa shape index (κ1) is 12.8. The molecule has 1 unspecified atom stereocenters. The number of hydrogen-bond acceptors (Lipinski definition) is 2. The Morgan fingerprint density at radius 1 is 1.28 bits per heavy atom. The first-order valence-corrected chi connectivity index (χ1v) is 6.93. The van der Waals surface area contributed by atoms with Crippen molar-refractivity contribution in [2.24, 2.45) is 0 Å². The highest BCUT2D eigenvalue weighted by atomic mass is 32.1. The molecule has 0 spiro atoms. The summed E-state index contributed by atoms with van der Waals surface area (Å²) in [4.78, 5) is 13.4. The van der Waals surface area contributed by atoms with Gasteiger partial charge in [0.2, 0.25) is 0 Å². The molecule has 0 aliphatic carbocycles. The standard InChI is InChI=1S/C15H17NOS/c1-11-6-3-4-8-14(11)15(17)16-12(2)10-13-7-5-9-18-13/h3-9,12H,10H2,1-2H3,(H,16,17). The van der Waals surface area contributed by atoms with Crippen LogP contribution in [0, 0.1) is 6.92 Å². The van der Waals surface area contributed by atoms with Crippen molar-refractivity contribution in [1.82, 2.24) is 5.32 Å². The Bertz CT molecular complexity index is 519. The zero-order chi connectivity index (χ0) is 13.0. The maximum Gasteiger partial charge on any atom is 0.251 e. The molecule has 0 fully saturated rings. The van der Waals surface area contributed by atoms with Gasteiger partial charge in [0.25, 0.3) is 5.91 Å². The third kappa shape index (κ3) is 3.20. The summed E-state index contributed by atoms with van der Waals surface area (Å²) in [5.41, 5.74) is 1.77. The maximum atomic E-state index is 12.1. The van der Waals surface area contributed by atoms with Crippen molar-refractivity contribution in [3.05, 3.63) is 57.8 Å². The van der Waals surface area contributed by atoms with Crippen LogP contribution in [0.15, 0.2) is 41.8 Å². The lowest BCUT2D eigenvalue weighted by molar-refractivity contribution is 0.0939. The van der Waals surface area contributed by atoms with E-state index in [1.54, 1.807) is 11.3 Å². The number of rotatable bonds is 4. The van der Waals surface area contributed by atoms with Crippen LogP contribution in [0.2, 0.25) is 0 Å². The molecule has 0 radical (unpaired) electrons. The van der Waals surface area contributed by atoms with Crippen LogP contribution in [0.1, 0.15) is 27.7 Å². The first-order valence-electron chi connectivity index (χ1n) is 6.05. The van der Waals surface area contributed by atoms with E-state index in [1.165, 1.54) is 4.88 Å². The van der Waals surface area contributed by atoms with E-state index < -0.39 is 0 Å². The summed E-state index contributed by atoms with van der Waals surface area (Å²) in [6, 6.07) is 11.9. The fraction of sp³-hybridized carbons (Fsp3) is 0.267. The van der Waals surface area contributed by atoms with Crippen LogP contribution in [0.25, 0.3) is 0 Å². The minimum Gasteiger partial charge on any atom is -0.349 e. The molecule has 0 aliphatic heterocycles. The molecule has 94 valence electrons. The third-order valence-electron chi connectivity index (χ3n) is 2.85.